The first-order valence-electron chi connectivity index (χ1n) is 7.94. The lowest BCUT2D eigenvalue weighted by molar-refractivity contribution is -0.120. The minimum Gasteiger partial charge on any atom is -0.352 e. The maximum absolute atomic E-state index is 12.2. The Kier molecular flexibility index (Phi) is 5.50. The fourth-order valence-corrected chi connectivity index (χ4v) is 4.36. The van der Waals surface area contributed by atoms with Crippen LogP contribution in [0.1, 0.15) is 12.5 Å². The molecule has 128 valence electrons. The van der Waals surface area contributed by atoms with Gasteiger partial charge in [0.1, 0.15) is 16.2 Å². The second-order valence-electron chi connectivity index (χ2n) is 5.67. The lowest BCUT2D eigenvalue weighted by Gasteiger charge is -2.11. The quantitative estimate of drug-likeness (QED) is 0.396. The molecule has 4 nitrogen and oxygen atoms in total. The summed E-state index contributed by atoms with van der Waals surface area (Å²) in [6, 6.07) is 8.42. The normalized spacial score (nSPS) is 12.1. The molecule has 0 aliphatic carbocycles. The van der Waals surface area contributed by atoms with Gasteiger partial charge in [-0.2, -0.15) is 0 Å². The largest absolute Gasteiger partial charge is 0.352 e. The molecule has 0 aliphatic rings. The Hall–Kier alpha value is -2.18. The van der Waals surface area contributed by atoms with E-state index >= 15 is 0 Å². The maximum atomic E-state index is 12.2. The molecule has 0 bridgehead atoms. The molecule has 1 unspecified atom stereocenters. The molecule has 6 heteroatoms. The van der Waals surface area contributed by atoms with Gasteiger partial charge in [0, 0.05) is 17.5 Å². The van der Waals surface area contributed by atoms with E-state index in [9.17, 15) is 4.79 Å². The van der Waals surface area contributed by atoms with E-state index in [0.717, 1.165) is 26.4 Å². The molecule has 0 saturated heterocycles. The molecule has 0 saturated carbocycles. The van der Waals surface area contributed by atoms with Gasteiger partial charge < -0.3 is 5.32 Å². The molecule has 0 spiro atoms. The average molecular weight is 370 g/mol. The molecule has 1 amide bonds. The summed E-state index contributed by atoms with van der Waals surface area (Å²) in [5.41, 5.74) is 3.47. The van der Waals surface area contributed by atoms with Crippen LogP contribution < -0.4 is 5.32 Å². The molecule has 3 aromatic rings. The van der Waals surface area contributed by atoms with E-state index in [4.69, 9.17) is 0 Å². The molecule has 2 heterocycles. The van der Waals surface area contributed by atoms with Crippen molar-refractivity contribution < 1.29 is 4.79 Å². The summed E-state index contributed by atoms with van der Waals surface area (Å²) in [6.45, 7) is 8.05. The standard InChI is InChI=1S/C19H19N3OS2/c1-4-9-20-17(23)13(3)25-19-16-15(10-24-18(16)21-11-22-19)14-7-5-12(2)6-8-14/h4-8,10-11,13H,1,9H2,2-3H3,(H,20,23). The molecule has 0 fully saturated rings. The maximum Gasteiger partial charge on any atom is 0.233 e. The number of nitrogens with zero attached hydrogens (tertiary/aromatic N) is 2. The number of amides is 1. The minimum absolute atomic E-state index is 0.0243. The summed E-state index contributed by atoms with van der Waals surface area (Å²) in [7, 11) is 0. The molecule has 1 N–H and O–H groups in total. The van der Waals surface area contributed by atoms with Gasteiger partial charge in [-0.15, -0.1) is 17.9 Å². The van der Waals surface area contributed by atoms with Crippen molar-refractivity contribution in [3.63, 3.8) is 0 Å². The average Bonchev–Trinajstić information content (AvgIpc) is 3.05. The molecule has 1 atom stereocenters. The lowest BCUT2D eigenvalue weighted by atomic mass is 10.1. The van der Waals surface area contributed by atoms with Crippen LogP contribution in [0.5, 0.6) is 0 Å². The predicted molar refractivity (Wildman–Crippen MR) is 106 cm³/mol. The van der Waals surface area contributed by atoms with Crippen molar-refractivity contribution >= 4 is 39.2 Å². The highest BCUT2D eigenvalue weighted by Crippen LogP contribution is 2.38. The summed E-state index contributed by atoms with van der Waals surface area (Å²) in [5.74, 6) is -0.0243. The van der Waals surface area contributed by atoms with E-state index < -0.39 is 0 Å². The van der Waals surface area contributed by atoms with Gasteiger partial charge >= 0.3 is 0 Å². The number of hydrogen-bond donors (Lipinski definition) is 1. The number of hydrogen-bond acceptors (Lipinski definition) is 5. The van der Waals surface area contributed by atoms with E-state index in [1.54, 1.807) is 23.7 Å². The molecular weight excluding hydrogens is 350 g/mol. The van der Waals surface area contributed by atoms with Crippen molar-refractivity contribution in [2.24, 2.45) is 0 Å². The van der Waals surface area contributed by atoms with Gasteiger partial charge in [-0.05, 0) is 19.4 Å². The number of thiophene rings is 1. The van der Waals surface area contributed by atoms with E-state index in [2.05, 4.69) is 58.4 Å². The van der Waals surface area contributed by atoms with Crippen LogP contribution in [0.3, 0.4) is 0 Å². The number of benzene rings is 1. The van der Waals surface area contributed by atoms with Crippen molar-refractivity contribution in [3.05, 3.63) is 54.2 Å². The van der Waals surface area contributed by atoms with Crippen molar-refractivity contribution in [2.45, 2.75) is 24.1 Å². The SMILES string of the molecule is C=CCNC(=O)C(C)Sc1ncnc2scc(-c3ccc(C)cc3)c12. The number of thioether (sulfide) groups is 1. The number of rotatable bonds is 6. The Bertz CT molecular complexity index is 903. The van der Waals surface area contributed by atoms with Gasteiger partial charge in [-0.3, -0.25) is 4.79 Å². The third-order valence-electron chi connectivity index (χ3n) is 3.78. The smallest absolute Gasteiger partial charge is 0.233 e. The number of nitrogens with one attached hydrogen (secondary N) is 1. The van der Waals surface area contributed by atoms with Crippen LogP contribution in [0.15, 0.2) is 53.7 Å². The zero-order valence-corrected chi connectivity index (χ0v) is 15.8. The van der Waals surface area contributed by atoms with E-state index in [0.29, 0.717) is 6.54 Å². The summed E-state index contributed by atoms with van der Waals surface area (Å²) >= 11 is 3.06. The van der Waals surface area contributed by atoms with Crippen LogP contribution in [0.2, 0.25) is 0 Å². The van der Waals surface area contributed by atoms with Crippen LogP contribution in [-0.4, -0.2) is 27.7 Å². The van der Waals surface area contributed by atoms with Gasteiger partial charge in [0.25, 0.3) is 0 Å². The van der Waals surface area contributed by atoms with Crippen LogP contribution in [0.4, 0.5) is 0 Å². The summed E-state index contributed by atoms with van der Waals surface area (Å²) in [4.78, 5) is 21.9. The molecule has 3 rings (SSSR count). The van der Waals surface area contributed by atoms with Crippen molar-refractivity contribution in [2.75, 3.05) is 6.54 Å². The van der Waals surface area contributed by atoms with Crippen molar-refractivity contribution in [3.8, 4) is 11.1 Å². The molecular formula is C19H19N3OS2. The van der Waals surface area contributed by atoms with Gasteiger partial charge in [-0.25, -0.2) is 9.97 Å². The summed E-state index contributed by atoms with van der Waals surface area (Å²) in [6.07, 6.45) is 3.24. The Morgan fingerprint density at radius 1 is 1.36 bits per heavy atom. The number of carbonyl (C=O) groups excluding carboxylic acids is 1. The first kappa shape index (κ1) is 17.6. The van der Waals surface area contributed by atoms with Gasteiger partial charge in [0.15, 0.2) is 0 Å². The highest BCUT2D eigenvalue weighted by atomic mass is 32.2. The van der Waals surface area contributed by atoms with Crippen molar-refractivity contribution in [1.29, 1.82) is 0 Å². The molecule has 2 aromatic heterocycles. The molecule has 25 heavy (non-hydrogen) atoms. The highest BCUT2D eigenvalue weighted by molar-refractivity contribution is 8.00. The lowest BCUT2D eigenvalue weighted by Crippen LogP contribution is -2.30. The molecule has 0 aliphatic heterocycles. The fraction of sp³-hybridized carbons (Fsp3) is 0.211. The van der Waals surface area contributed by atoms with E-state index in [-0.39, 0.29) is 11.2 Å². The first-order valence-corrected chi connectivity index (χ1v) is 9.70. The van der Waals surface area contributed by atoms with E-state index in [1.807, 2.05) is 6.92 Å². The van der Waals surface area contributed by atoms with Gasteiger partial charge in [0.05, 0.1) is 10.6 Å². The van der Waals surface area contributed by atoms with Crippen LogP contribution >= 0.6 is 23.1 Å². The fourth-order valence-electron chi connectivity index (χ4n) is 2.42. The zero-order valence-electron chi connectivity index (χ0n) is 14.2. The topological polar surface area (TPSA) is 54.9 Å². The van der Waals surface area contributed by atoms with Crippen LogP contribution in [-0.2, 0) is 4.79 Å². The summed E-state index contributed by atoms with van der Waals surface area (Å²) in [5, 5.41) is 6.54. The number of aromatic nitrogens is 2. The monoisotopic (exact) mass is 369 g/mol. The van der Waals surface area contributed by atoms with Crippen LogP contribution in [0, 0.1) is 6.92 Å². The zero-order chi connectivity index (χ0) is 17.8. The third kappa shape index (κ3) is 3.91. The van der Waals surface area contributed by atoms with Crippen molar-refractivity contribution in [1.82, 2.24) is 15.3 Å². The second-order valence-corrected chi connectivity index (χ2v) is 7.86. The highest BCUT2D eigenvalue weighted by Gasteiger charge is 2.19. The number of aryl methyl sites for hydroxylation is 1. The molecule has 1 aromatic carbocycles. The number of carbonyl (C=O) groups is 1. The van der Waals surface area contributed by atoms with Crippen LogP contribution in [0.25, 0.3) is 21.3 Å². The predicted octanol–water partition coefficient (Wildman–Crippen LogP) is 4.45. The Morgan fingerprint density at radius 2 is 2.12 bits per heavy atom. The van der Waals surface area contributed by atoms with Gasteiger partial charge in [0.2, 0.25) is 5.91 Å². The minimum atomic E-state index is -0.246. The first-order chi connectivity index (χ1) is 12.1. The Morgan fingerprint density at radius 3 is 2.84 bits per heavy atom. The Balaban J connectivity index is 1.96. The molecule has 0 radical (unpaired) electrons. The van der Waals surface area contributed by atoms with E-state index in [1.165, 1.54) is 17.3 Å². The second kappa shape index (κ2) is 7.80. The summed E-state index contributed by atoms with van der Waals surface area (Å²) < 4.78 is 0. The third-order valence-corrected chi connectivity index (χ3v) is 5.76. The Labute approximate surface area is 155 Å². The van der Waals surface area contributed by atoms with Gasteiger partial charge in [-0.1, -0.05) is 47.7 Å². The number of fused-ring (bicyclic) bond motifs is 1.